The lowest BCUT2D eigenvalue weighted by Crippen LogP contribution is -2.34. The molecule has 1 heterocycles. The van der Waals surface area contributed by atoms with Gasteiger partial charge in [-0.05, 0) is 31.9 Å². The van der Waals surface area contributed by atoms with Crippen molar-refractivity contribution in [2.24, 2.45) is 0 Å². The Balaban J connectivity index is 2.46. The second-order valence-corrected chi connectivity index (χ2v) is 6.34. The molecule has 0 bridgehead atoms. The highest BCUT2D eigenvalue weighted by Gasteiger charge is 2.41. The van der Waals surface area contributed by atoms with Crippen LogP contribution in [0.3, 0.4) is 0 Å². The summed E-state index contributed by atoms with van der Waals surface area (Å²) in [4.78, 5) is 25.1. The summed E-state index contributed by atoms with van der Waals surface area (Å²) in [7, 11) is 0. The van der Waals surface area contributed by atoms with Crippen molar-refractivity contribution in [3.8, 4) is 0 Å². The average Bonchev–Trinajstić information content (AvgIpc) is 2.35. The molecular weight excluding hydrogens is 260 g/mol. The first-order valence-electron chi connectivity index (χ1n) is 6.14. The van der Waals surface area contributed by atoms with E-state index in [1.54, 1.807) is 13.8 Å². The van der Waals surface area contributed by atoms with E-state index in [1.807, 2.05) is 19.1 Å². The van der Waals surface area contributed by atoms with E-state index < -0.39 is 17.2 Å². The normalized spacial score (nSPS) is 25.7. The second kappa shape index (κ2) is 3.81. The summed E-state index contributed by atoms with van der Waals surface area (Å²) < 4.78 is 0. The fourth-order valence-corrected chi connectivity index (χ4v) is 3.98. The number of Topliss-reactive ketones (excluding diaryl/α,β-unsaturated/α-hetero) is 2. The zero-order valence-electron chi connectivity index (χ0n) is 11.0. The quantitative estimate of drug-likeness (QED) is 0.738. The van der Waals surface area contributed by atoms with Crippen LogP contribution >= 0.6 is 11.8 Å². The molecule has 1 aliphatic carbocycles. The molecule has 3 nitrogen and oxygen atoms in total. The van der Waals surface area contributed by atoms with Gasteiger partial charge in [0.1, 0.15) is 0 Å². The van der Waals surface area contributed by atoms with Crippen molar-refractivity contribution in [1.29, 1.82) is 0 Å². The maximum Gasteiger partial charge on any atom is 0.234 e. The smallest absolute Gasteiger partial charge is 0.234 e. The van der Waals surface area contributed by atoms with Gasteiger partial charge in [0.15, 0.2) is 0 Å². The third-order valence-electron chi connectivity index (χ3n) is 3.83. The van der Waals surface area contributed by atoms with Gasteiger partial charge in [0, 0.05) is 27.4 Å². The number of hydrogen-bond acceptors (Lipinski definition) is 4. The topological polar surface area (TPSA) is 54.4 Å². The van der Waals surface area contributed by atoms with Crippen LogP contribution in [0.15, 0.2) is 17.7 Å². The third kappa shape index (κ3) is 1.56. The first kappa shape index (κ1) is 12.6. The lowest BCUT2D eigenvalue weighted by Gasteiger charge is -2.36. The Bertz CT molecular complexity index is 668. The zero-order valence-corrected chi connectivity index (χ0v) is 11.9. The molecule has 0 radical (unpaired) electrons. The summed E-state index contributed by atoms with van der Waals surface area (Å²) in [6, 6.07) is 3.67. The van der Waals surface area contributed by atoms with E-state index in [-0.39, 0.29) is 0 Å². The number of benzene rings is 1. The lowest BCUT2D eigenvalue weighted by molar-refractivity contribution is -0.111. The molecule has 0 fully saturated rings. The molecule has 0 spiro atoms. The van der Waals surface area contributed by atoms with Crippen LogP contribution in [0.25, 0.3) is 4.91 Å². The molecule has 0 amide bonds. The summed E-state index contributed by atoms with van der Waals surface area (Å²) in [6.45, 7) is 5.27. The highest BCUT2D eigenvalue weighted by molar-refractivity contribution is 8.08. The number of allylic oxidation sites excluding steroid dienone is 1. The molecule has 0 aromatic heterocycles. The van der Waals surface area contributed by atoms with Crippen LogP contribution in [0.2, 0.25) is 0 Å². The minimum absolute atomic E-state index is 0.420. The summed E-state index contributed by atoms with van der Waals surface area (Å²) >= 11 is 1.46. The van der Waals surface area contributed by atoms with Crippen LogP contribution in [-0.2, 0) is 10.4 Å². The van der Waals surface area contributed by atoms with Gasteiger partial charge in [-0.1, -0.05) is 12.1 Å². The molecular formula is C15H14O3S. The van der Waals surface area contributed by atoms with E-state index in [0.717, 1.165) is 21.6 Å². The molecule has 98 valence electrons. The number of ketones is 2. The summed E-state index contributed by atoms with van der Waals surface area (Å²) in [5.41, 5.74) is 2.32. The molecule has 1 N–H and O–H groups in total. The Morgan fingerprint density at radius 1 is 1.16 bits per heavy atom. The predicted molar refractivity (Wildman–Crippen MR) is 75.1 cm³/mol. The van der Waals surface area contributed by atoms with Crippen LogP contribution < -0.4 is 0 Å². The number of carbonyl (C=O) groups is 2. The number of aliphatic hydroxyl groups is 1. The summed E-state index contributed by atoms with van der Waals surface area (Å²) in [5, 5.41) is 10.5. The van der Waals surface area contributed by atoms with Crippen molar-refractivity contribution in [3.63, 3.8) is 0 Å². The second-order valence-electron chi connectivity index (χ2n) is 5.35. The Labute approximate surface area is 115 Å². The van der Waals surface area contributed by atoms with E-state index in [2.05, 4.69) is 0 Å². The SMILES string of the molecule is CC1=C2SCC(C)(O)c3ccc(C)c(c32)C(=O)C1=O. The molecule has 1 aliphatic heterocycles. The van der Waals surface area contributed by atoms with E-state index in [4.69, 9.17) is 0 Å². The molecule has 1 aromatic rings. The molecule has 0 saturated heterocycles. The molecule has 0 saturated carbocycles. The van der Waals surface area contributed by atoms with Crippen molar-refractivity contribution in [1.82, 2.24) is 0 Å². The van der Waals surface area contributed by atoms with Gasteiger partial charge in [-0.25, -0.2) is 0 Å². The van der Waals surface area contributed by atoms with Crippen molar-refractivity contribution in [2.75, 3.05) is 5.75 Å². The van der Waals surface area contributed by atoms with Gasteiger partial charge < -0.3 is 5.11 Å². The Morgan fingerprint density at radius 2 is 1.84 bits per heavy atom. The van der Waals surface area contributed by atoms with Gasteiger partial charge in [0.25, 0.3) is 0 Å². The van der Waals surface area contributed by atoms with Gasteiger partial charge in [0.05, 0.1) is 5.60 Å². The van der Waals surface area contributed by atoms with Gasteiger partial charge in [-0.3, -0.25) is 9.59 Å². The fraction of sp³-hybridized carbons (Fsp3) is 0.333. The van der Waals surface area contributed by atoms with Crippen LogP contribution in [0.5, 0.6) is 0 Å². The van der Waals surface area contributed by atoms with Crippen molar-refractivity contribution in [3.05, 3.63) is 40.0 Å². The minimum atomic E-state index is -0.965. The number of carbonyl (C=O) groups excluding carboxylic acids is 2. The molecule has 4 heteroatoms. The number of aryl methyl sites for hydroxylation is 1. The van der Waals surface area contributed by atoms with E-state index in [1.165, 1.54) is 11.8 Å². The van der Waals surface area contributed by atoms with Crippen LogP contribution in [0, 0.1) is 6.92 Å². The predicted octanol–water partition coefficient (Wildman–Crippen LogP) is 2.45. The highest BCUT2D eigenvalue weighted by atomic mass is 32.2. The molecule has 3 rings (SSSR count). The van der Waals surface area contributed by atoms with Crippen molar-refractivity contribution < 1.29 is 14.7 Å². The fourth-order valence-electron chi connectivity index (χ4n) is 2.73. The van der Waals surface area contributed by atoms with E-state index >= 15 is 0 Å². The van der Waals surface area contributed by atoms with Gasteiger partial charge in [-0.15, -0.1) is 11.8 Å². The molecule has 1 atom stereocenters. The Kier molecular flexibility index (Phi) is 2.53. The van der Waals surface area contributed by atoms with Crippen molar-refractivity contribution >= 4 is 28.2 Å². The highest BCUT2D eigenvalue weighted by Crippen LogP contribution is 2.49. The average molecular weight is 274 g/mol. The summed E-state index contributed by atoms with van der Waals surface area (Å²) in [6.07, 6.45) is 0. The first-order valence-corrected chi connectivity index (χ1v) is 7.12. The molecule has 1 aromatic carbocycles. The maximum absolute atomic E-state index is 12.2. The lowest BCUT2D eigenvalue weighted by atomic mass is 9.80. The summed E-state index contributed by atoms with van der Waals surface area (Å²) in [5.74, 6) is -0.373. The first-order chi connectivity index (χ1) is 8.84. The maximum atomic E-state index is 12.2. The monoisotopic (exact) mass is 274 g/mol. The largest absolute Gasteiger partial charge is 0.385 e. The standard InChI is InChI=1S/C15H14O3S/c1-7-4-5-9-11-10(7)13(17)12(16)8(2)14(11)19-6-15(9,3)18/h4-5,18H,6H2,1-3H3. The third-order valence-corrected chi connectivity index (χ3v) is 5.34. The van der Waals surface area contributed by atoms with Crippen molar-refractivity contribution in [2.45, 2.75) is 26.4 Å². The number of hydrogen-bond donors (Lipinski definition) is 1. The molecule has 2 aliphatic rings. The van der Waals surface area contributed by atoms with E-state index in [9.17, 15) is 14.7 Å². The van der Waals surface area contributed by atoms with E-state index in [0.29, 0.717) is 16.9 Å². The van der Waals surface area contributed by atoms with Crippen LogP contribution in [0.1, 0.15) is 40.9 Å². The molecule has 1 unspecified atom stereocenters. The Morgan fingerprint density at radius 3 is 2.53 bits per heavy atom. The van der Waals surface area contributed by atoms with Crippen LogP contribution in [0.4, 0.5) is 0 Å². The van der Waals surface area contributed by atoms with Gasteiger partial charge in [0.2, 0.25) is 11.6 Å². The van der Waals surface area contributed by atoms with Gasteiger partial charge in [-0.2, -0.15) is 0 Å². The number of thioether (sulfide) groups is 1. The minimum Gasteiger partial charge on any atom is -0.385 e. The number of rotatable bonds is 0. The molecule has 19 heavy (non-hydrogen) atoms. The zero-order chi connectivity index (χ0) is 13.9. The Hall–Kier alpha value is -1.39. The van der Waals surface area contributed by atoms with Gasteiger partial charge >= 0.3 is 0 Å². The van der Waals surface area contributed by atoms with Crippen LogP contribution in [-0.4, -0.2) is 22.4 Å².